The van der Waals surface area contributed by atoms with Gasteiger partial charge in [0.15, 0.2) is 0 Å². The quantitative estimate of drug-likeness (QED) is 0.866. The zero-order chi connectivity index (χ0) is 15.5. The summed E-state index contributed by atoms with van der Waals surface area (Å²) >= 11 is 1.55. The van der Waals surface area contributed by atoms with Gasteiger partial charge < -0.3 is 10.0 Å². The molecular formula is C17H24N2O2S. The van der Waals surface area contributed by atoms with E-state index in [1.54, 1.807) is 17.4 Å². The number of likely N-dealkylation sites (tertiary alicyclic amines) is 2. The summed E-state index contributed by atoms with van der Waals surface area (Å²) in [5.41, 5.74) is 0.903. The summed E-state index contributed by atoms with van der Waals surface area (Å²) in [6.45, 7) is 5.27. The highest BCUT2D eigenvalue weighted by molar-refractivity contribution is 7.11. The van der Waals surface area contributed by atoms with Gasteiger partial charge in [-0.05, 0) is 49.4 Å². The van der Waals surface area contributed by atoms with Crippen LogP contribution in [0.3, 0.4) is 0 Å². The molecule has 5 heteroatoms. The van der Waals surface area contributed by atoms with Gasteiger partial charge in [0.2, 0.25) is 5.91 Å². The highest BCUT2D eigenvalue weighted by atomic mass is 32.1. The van der Waals surface area contributed by atoms with E-state index in [1.165, 1.54) is 25.8 Å². The van der Waals surface area contributed by atoms with Crippen molar-refractivity contribution >= 4 is 23.3 Å². The van der Waals surface area contributed by atoms with Crippen LogP contribution in [0.25, 0.3) is 6.08 Å². The normalized spacial score (nSPS) is 23.9. The summed E-state index contributed by atoms with van der Waals surface area (Å²) in [6.07, 6.45) is 7.43. The third kappa shape index (κ3) is 3.42. The summed E-state index contributed by atoms with van der Waals surface area (Å²) in [5.74, 6) is 0.0971. The van der Waals surface area contributed by atoms with E-state index in [0.717, 1.165) is 23.5 Å². The third-order valence-corrected chi connectivity index (χ3v) is 5.69. The molecule has 3 heterocycles. The van der Waals surface area contributed by atoms with Gasteiger partial charge in [-0.1, -0.05) is 6.42 Å². The molecule has 0 aliphatic carbocycles. The Hall–Kier alpha value is -1.17. The SMILES string of the molecule is CC1CCCCN1C1CN(C(=O)/C=C/c2cc(CO)cs2)C1. The first-order valence-corrected chi connectivity index (χ1v) is 8.96. The Morgan fingerprint density at radius 2 is 2.27 bits per heavy atom. The number of hydrogen-bond donors (Lipinski definition) is 1. The Kier molecular flexibility index (Phi) is 4.96. The number of aliphatic hydroxyl groups excluding tert-OH is 1. The molecule has 120 valence electrons. The van der Waals surface area contributed by atoms with Gasteiger partial charge in [0.1, 0.15) is 0 Å². The van der Waals surface area contributed by atoms with Gasteiger partial charge in [-0.25, -0.2) is 0 Å². The molecule has 1 unspecified atom stereocenters. The molecule has 1 N–H and O–H groups in total. The largest absolute Gasteiger partial charge is 0.392 e. The average Bonchev–Trinajstić information content (AvgIpc) is 2.93. The van der Waals surface area contributed by atoms with Crippen LogP contribution < -0.4 is 0 Å². The van der Waals surface area contributed by atoms with Crippen molar-refractivity contribution in [1.82, 2.24) is 9.80 Å². The van der Waals surface area contributed by atoms with E-state index in [1.807, 2.05) is 22.4 Å². The molecule has 0 spiro atoms. The van der Waals surface area contributed by atoms with E-state index in [4.69, 9.17) is 5.11 Å². The number of rotatable bonds is 4. The lowest BCUT2D eigenvalue weighted by Crippen LogP contribution is -2.63. The first-order chi connectivity index (χ1) is 10.7. The topological polar surface area (TPSA) is 43.8 Å². The van der Waals surface area contributed by atoms with Crippen molar-refractivity contribution in [1.29, 1.82) is 0 Å². The fourth-order valence-corrected chi connectivity index (χ4v) is 4.13. The number of piperidine rings is 1. The van der Waals surface area contributed by atoms with Gasteiger partial charge in [-0.15, -0.1) is 11.3 Å². The minimum Gasteiger partial charge on any atom is -0.392 e. The second-order valence-electron chi connectivity index (χ2n) is 6.33. The molecule has 2 fully saturated rings. The second-order valence-corrected chi connectivity index (χ2v) is 7.27. The molecule has 1 aromatic heterocycles. The zero-order valence-electron chi connectivity index (χ0n) is 13.1. The molecule has 1 atom stereocenters. The van der Waals surface area contributed by atoms with Crippen molar-refractivity contribution in [2.24, 2.45) is 0 Å². The Morgan fingerprint density at radius 3 is 2.95 bits per heavy atom. The van der Waals surface area contributed by atoms with Crippen LogP contribution in [0.15, 0.2) is 17.5 Å². The lowest BCUT2D eigenvalue weighted by atomic mass is 9.97. The van der Waals surface area contributed by atoms with Crippen molar-refractivity contribution < 1.29 is 9.90 Å². The van der Waals surface area contributed by atoms with Crippen molar-refractivity contribution in [2.45, 2.75) is 44.9 Å². The fraction of sp³-hybridized carbons (Fsp3) is 0.588. The first kappa shape index (κ1) is 15.7. The van der Waals surface area contributed by atoms with Gasteiger partial charge in [-0.3, -0.25) is 9.69 Å². The first-order valence-electron chi connectivity index (χ1n) is 8.08. The van der Waals surface area contributed by atoms with Crippen LogP contribution in [0, 0.1) is 0 Å². The van der Waals surface area contributed by atoms with Crippen LogP contribution in [-0.2, 0) is 11.4 Å². The smallest absolute Gasteiger partial charge is 0.246 e. The maximum absolute atomic E-state index is 12.2. The predicted molar refractivity (Wildman–Crippen MR) is 89.7 cm³/mol. The molecule has 0 radical (unpaired) electrons. The highest BCUT2D eigenvalue weighted by Gasteiger charge is 2.36. The minimum atomic E-state index is 0.0557. The zero-order valence-corrected chi connectivity index (χ0v) is 13.9. The maximum atomic E-state index is 12.2. The molecule has 1 amide bonds. The summed E-state index contributed by atoms with van der Waals surface area (Å²) in [5, 5.41) is 11.0. The molecule has 2 aliphatic rings. The number of nitrogens with zero attached hydrogens (tertiary/aromatic N) is 2. The lowest BCUT2D eigenvalue weighted by Gasteiger charge is -2.49. The number of hydrogen-bond acceptors (Lipinski definition) is 4. The number of carbonyl (C=O) groups excluding carboxylic acids is 1. The summed E-state index contributed by atoms with van der Waals surface area (Å²) in [4.78, 5) is 17.7. The molecule has 4 nitrogen and oxygen atoms in total. The highest BCUT2D eigenvalue weighted by Crippen LogP contribution is 2.24. The summed E-state index contributed by atoms with van der Waals surface area (Å²) in [7, 11) is 0. The predicted octanol–water partition coefficient (Wildman–Crippen LogP) is 2.34. The molecule has 2 aliphatic heterocycles. The van der Waals surface area contributed by atoms with Crippen LogP contribution in [-0.4, -0.2) is 52.5 Å². The van der Waals surface area contributed by atoms with Gasteiger partial charge in [0.05, 0.1) is 6.61 Å². The molecular weight excluding hydrogens is 296 g/mol. The molecule has 0 bridgehead atoms. The van der Waals surface area contributed by atoms with Gasteiger partial charge in [0, 0.05) is 36.1 Å². The van der Waals surface area contributed by atoms with Crippen molar-refractivity contribution in [2.75, 3.05) is 19.6 Å². The van der Waals surface area contributed by atoms with Crippen LogP contribution in [0.5, 0.6) is 0 Å². The Labute approximate surface area is 136 Å². The summed E-state index contributed by atoms with van der Waals surface area (Å²) < 4.78 is 0. The number of amides is 1. The Morgan fingerprint density at radius 1 is 1.45 bits per heavy atom. The molecule has 22 heavy (non-hydrogen) atoms. The van der Waals surface area contributed by atoms with Crippen molar-refractivity contribution in [3.63, 3.8) is 0 Å². The van der Waals surface area contributed by atoms with E-state index in [0.29, 0.717) is 12.1 Å². The van der Waals surface area contributed by atoms with Crippen LogP contribution in [0.1, 0.15) is 36.6 Å². The van der Waals surface area contributed by atoms with E-state index in [9.17, 15) is 4.79 Å². The van der Waals surface area contributed by atoms with Crippen LogP contribution >= 0.6 is 11.3 Å². The second kappa shape index (κ2) is 6.94. The van der Waals surface area contributed by atoms with Crippen LogP contribution in [0.2, 0.25) is 0 Å². The van der Waals surface area contributed by atoms with E-state index in [2.05, 4.69) is 11.8 Å². The van der Waals surface area contributed by atoms with E-state index in [-0.39, 0.29) is 12.5 Å². The Balaban J connectivity index is 1.48. The third-order valence-electron chi connectivity index (χ3n) is 4.74. The van der Waals surface area contributed by atoms with Crippen molar-refractivity contribution in [3.8, 4) is 0 Å². The maximum Gasteiger partial charge on any atom is 0.246 e. The van der Waals surface area contributed by atoms with E-state index < -0.39 is 0 Å². The standard InChI is InChI=1S/C17H24N2O2S/c1-13-4-2-3-7-19(13)15-9-18(10-15)17(21)6-5-16-8-14(11-20)12-22-16/h5-6,8,12-13,15,20H,2-4,7,9-11H2,1H3/b6-5+. The van der Waals surface area contributed by atoms with E-state index >= 15 is 0 Å². The molecule has 0 saturated carbocycles. The van der Waals surface area contributed by atoms with Crippen molar-refractivity contribution in [3.05, 3.63) is 28.0 Å². The number of aliphatic hydroxyl groups is 1. The number of carbonyl (C=O) groups is 1. The molecule has 1 aromatic rings. The molecule has 0 aromatic carbocycles. The minimum absolute atomic E-state index is 0.0557. The fourth-order valence-electron chi connectivity index (χ4n) is 3.33. The molecule has 3 rings (SSSR count). The molecule has 2 saturated heterocycles. The van der Waals surface area contributed by atoms with Gasteiger partial charge >= 0.3 is 0 Å². The monoisotopic (exact) mass is 320 g/mol. The lowest BCUT2D eigenvalue weighted by molar-refractivity contribution is -0.134. The average molecular weight is 320 g/mol. The van der Waals surface area contributed by atoms with Gasteiger partial charge in [-0.2, -0.15) is 0 Å². The Bertz CT molecular complexity index is 549. The van der Waals surface area contributed by atoms with Crippen LogP contribution in [0.4, 0.5) is 0 Å². The number of thiophene rings is 1. The van der Waals surface area contributed by atoms with Gasteiger partial charge in [0.25, 0.3) is 0 Å². The summed E-state index contributed by atoms with van der Waals surface area (Å²) in [6, 6.07) is 3.13.